The molecule has 1 aliphatic carbocycles. The highest BCUT2D eigenvalue weighted by Crippen LogP contribution is 2.49. The molecular formula is C33H36N2O4. The number of nitrogens with zero attached hydrogens (tertiary/aromatic N) is 2. The summed E-state index contributed by atoms with van der Waals surface area (Å²) < 4.78 is 7.10. The number of para-hydroxylation sites is 2. The first-order valence-corrected chi connectivity index (χ1v) is 13.7. The van der Waals surface area contributed by atoms with Gasteiger partial charge in [0, 0.05) is 52.2 Å². The molecule has 5 rings (SSSR count). The summed E-state index contributed by atoms with van der Waals surface area (Å²) in [6.45, 7) is 13.4. The van der Waals surface area contributed by atoms with Gasteiger partial charge in [-0.15, -0.1) is 0 Å². The average molecular weight is 525 g/mol. The second-order valence-electron chi connectivity index (χ2n) is 11.4. The van der Waals surface area contributed by atoms with Crippen molar-refractivity contribution in [2.24, 2.45) is 0 Å². The van der Waals surface area contributed by atoms with Crippen LogP contribution in [0.2, 0.25) is 0 Å². The normalized spacial score (nSPS) is 21.0. The number of carbonyl (C=O) groups is 2. The molecule has 3 aliphatic rings. The number of fused-ring (bicyclic) bond motifs is 2. The van der Waals surface area contributed by atoms with Crippen molar-refractivity contribution in [3.8, 4) is 0 Å². The van der Waals surface area contributed by atoms with E-state index >= 15 is 0 Å². The first-order chi connectivity index (χ1) is 18.5. The van der Waals surface area contributed by atoms with Crippen molar-refractivity contribution in [1.82, 2.24) is 0 Å². The number of anilines is 1. The molecule has 2 aromatic rings. The summed E-state index contributed by atoms with van der Waals surface area (Å²) in [4.78, 5) is 28.2. The van der Waals surface area contributed by atoms with Crippen LogP contribution in [0, 0.1) is 0 Å². The van der Waals surface area contributed by atoms with Gasteiger partial charge in [0.2, 0.25) is 12.2 Å². The van der Waals surface area contributed by atoms with Crippen molar-refractivity contribution in [2.45, 2.75) is 58.8 Å². The Hall–Kier alpha value is -3.93. The van der Waals surface area contributed by atoms with E-state index in [1.165, 1.54) is 5.56 Å². The number of Topliss-reactive ketones (excluding diaryl/α,β-unsaturated/α-hetero) is 1. The van der Waals surface area contributed by atoms with Crippen LogP contribution in [0.25, 0.3) is 0 Å². The smallest absolute Gasteiger partial charge is 0.372 e. The van der Waals surface area contributed by atoms with Gasteiger partial charge in [0.1, 0.15) is 0 Å². The largest absolute Gasteiger partial charge is 0.871 e. The van der Waals surface area contributed by atoms with Crippen LogP contribution in [0.5, 0.6) is 0 Å². The van der Waals surface area contributed by atoms with E-state index in [2.05, 4.69) is 37.8 Å². The van der Waals surface area contributed by atoms with Crippen LogP contribution in [-0.4, -0.2) is 41.7 Å². The maximum atomic E-state index is 13.5. The lowest BCUT2D eigenvalue weighted by Crippen LogP contribution is -2.35. The molecule has 6 nitrogen and oxygen atoms in total. The Kier molecular flexibility index (Phi) is 6.61. The summed E-state index contributed by atoms with van der Waals surface area (Å²) in [5.41, 5.74) is 5.47. The van der Waals surface area contributed by atoms with Gasteiger partial charge in [-0.25, -0.2) is 4.79 Å². The third-order valence-electron chi connectivity index (χ3n) is 8.18. The molecule has 0 saturated heterocycles. The third kappa shape index (κ3) is 4.13. The molecule has 2 aliphatic heterocycles. The number of allylic oxidation sites excluding steroid dienone is 5. The number of esters is 1. The summed E-state index contributed by atoms with van der Waals surface area (Å²) in [6, 6.07) is 16.1. The van der Waals surface area contributed by atoms with E-state index in [1.807, 2.05) is 54.8 Å². The van der Waals surface area contributed by atoms with Crippen molar-refractivity contribution in [3.05, 3.63) is 94.4 Å². The Morgan fingerprint density at radius 3 is 2.31 bits per heavy atom. The van der Waals surface area contributed by atoms with E-state index < -0.39 is 5.41 Å². The molecule has 0 radical (unpaired) electrons. The SMILES string of the molecule is CCCN1C(=CC2=C([O-])C(=CC3=[N+](CC(=O)OCC)c4ccccc4C3(C)C)C2=O)C(C)(C)c2ccccc21. The molecule has 2 heterocycles. The van der Waals surface area contributed by atoms with Crippen molar-refractivity contribution in [2.75, 3.05) is 24.6 Å². The van der Waals surface area contributed by atoms with E-state index in [-0.39, 0.29) is 47.2 Å². The Morgan fingerprint density at radius 2 is 1.64 bits per heavy atom. The first-order valence-electron chi connectivity index (χ1n) is 13.7. The molecule has 0 unspecified atom stereocenters. The Labute approximate surface area is 230 Å². The van der Waals surface area contributed by atoms with Gasteiger partial charge in [-0.05, 0) is 44.9 Å². The molecule has 6 heteroatoms. The summed E-state index contributed by atoms with van der Waals surface area (Å²) in [5, 5.41) is 13.5. The second-order valence-corrected chi connectivity index (χ2v) is 11.4. The molecule has 0 spiro atoms. The maximum Gasteiger partial charge on any atom is 0.372 e. The van der Waals surface area contributed by atoms with E-state index in [0.29, 0.717) is 0 Å². The minimum absolute atomic E-state index is 0.00876. The monoisotopic (exact) mass is 524 g/mol. The number of benzene rings is 2. The summed E-state index contributed by atoms with van der Waals surface area (Å²) >= 11 is 0. The fraction of sp³-hybridized carbons (Fsp3) is 0.364. The molecular weight excluding hydrogens is 488 g/mol. The predicted octanol–water partition coefficient (Wildman–Crippen LogP) is 4.84. The van der Waals surface area contributed by atoms with Crippen molar-refractivity contribution < 1.29 is 24.0 Å². The highest BCUT2D eigenvalue weighted by atomic mass is 16.5. The lowest BCUT2D eigenvalue weighted by molar-refractivity contribution is -0.428. The molecule has 0 atom stereocenters. The van der Waals surface area contributed by atoms with Crippen LogP contribution in [0.15, 0.2) is 83.3 Å². The molecule has 39 heavy (non-hydrogen) atoms. The summed E-state index contributed by atoms with van der Waals surface area (Å²) in [5.74, 6) is -0.875. The molecule has 0 bridgehead atoms. The number of hydrogen-bond acceptors (Lipinski definition) is 5. The van der Waals surface area contributed by atoms with Gasteiger partial charge in [-0.3, -0.25) is 4.79 Å². The van der Waals surface area contributed by atoms with Crippen molar-refractivity contribution in [3.63, 3.8) is 0 Å². The Balaban J connectivity index is 1.58. The fourth-order valence-corrected chi connectivity index (χ4v) is 6.14. The van der Waals surface area contributed by atoms with Gasteiger partial charge < -0.3 is 14.7 Å². The van der Waals surface area contributed by atoms with Gasteiger partial charge in [-0.2, -0.15) is 4.58 Å². The minimum Gasteiger partial charge on any atom is -0.871 e. The standard InChI is InChI=1S/C33H36N2O4/c1-7-17-34-25-15-11-9-13-23(25)32(3,4)27(34)18-21-30(37)22(31(21)38)19-28-33(5,6)24-14-10-12-16-26(24)35(28)20-29(36)39-8-2/h9-16,18-19H,7-8,17,20H2,1-6H3. The summed E-state index contributed by atoms with van der Waals surface area (Å²) in [7, 11) is 0. The highest BCUT2D eigenvalue weighted by molar-refractivity contribution is 6.24. The van der Waals surface area contributed by atoms with Crippen molar-refractivity contribution in [1.29, 1.82) is 0 Å². The second kappa shape index (κ2) is 9.67. The quantitative estimate of drug-likeness (QED) is 0.294. The molecule has 0 saturated carbocycles. The van der Waals surface area contributed by atoms with Crippen LogP contribution in [-0.2, 0) is 25.2 Å². The predicted molar refractivity (Wildman–Crippen MR) is 151 cm³/mol. The molecule has 0 fully saturated rings. The van der Waals surface area contributed by atoms with Gasteiger partial charge >= 0.3 is 5.97 Å². The Bertz CT molecular complexity index is 1500. The van der Waals surface area contributed by atoms with E-state index in [4.69, 9.17) is 4.74 Å². The van der Waals surface area contributed by atoms with Crippen LogP contribution >= 0.6 is 0 Å². The number of rotatable bonds is 7. The van der Waals surface area contributed by atoms with Crippen LogP contribution in [0.3, 0.4) is 0 Å². The van der Waals surface area contributed by atoms with Crippen LogP contribution < -0.4 is 10.0 Å². The number of carbonyl (C=O) groups excluding carboxylic acids is 2. The van der Waals surface area contributed by atoms with Gasteiger partial charge in [0.15, 0.2) is 11.5 Å². The first kappa shape index (κ1) is 26.7. The van der Waals surface area contributed by atoms with E-state index in [9.17, 15) is 14.7 Å². The third-order valence-corrected chi connectivity index (χ3v) is 8.18. The number of ketones is 1. The fourth-order valence-electron chi connectivity index (χ4n) is 6.14. The topological polar surface area (TPSA) is 72.7 Å². The molecule has 0 aromatic heterocycles. The van der Waals surface area contributed by atoms with Gasteiger partial charge in [0.25, 0.3) is 0 Å². The van der Waals surface area contributed by atoms with E-state index in [0.717, 1.165) is 41.3 Å². The van der Waals surface area contributed by atoms with Crippen LogP contribution in [0.4, 0.5) is 11.4 Å². The lowest BCUT2D eigenvalue weighted by atomic mass is 9.77. The highest BCUT2D eigenvalue weighted by Gasteiger charge is 2.46. The zero-order valence-corrected chi connectivity index (χ0v) is 23.6. The number of ether oxygens (including phenoxy) is 1. The maximum absolute atomic E-state index is 13.5. The number of hydrogen-bond donors (Lipinski definition) is 0. The average Bonchev–Trinajstić information content (AvgIpc) is 3.25. The zero-order chi connectivity index (χ0) is 28.1. The van der Waals surface area contributed by atoms with E-state index in [1.54, 1.807) is 19.1 Å². The molecule has 0 N–H and O–H groups in total. The summed E-state index contributed by atoms with van der Waals surface area (Å²) in [6.07, 6.45) is 4.42. The van der Waals surface area contributed by atoms with Crippen LogP contribution in [0.1, 0.15) is 59.1 Å². The molecule has 0 amide bonds. The Morgan fingerprint density at radius 1 is 0.974 bits per heavy atom. The van der Waals surface area contributed by atoms with Gasteiger partial charge in [0.05, 0.1) is 12.0 Å². The van der Waals surface area contributed by atoms with Crippen molar-refractivity contribution >= 4 is 28.8 Å². The minimum atomic E-state index is -0.502. The lowest BCUT2D eigenvalue weighted by Gasteiger charge is -2.33. The zero-order valence-electron chi connectivity index (χ0n) is 23.6. The molecule has 202 valence electrons. The molecule has 2 aromatic carbocycles. The van der Waals surface area contributed by atoms with Gasteiger partial charge in [-0.1, -0.05) is 62.9 Å².